The van der Waals surface area contributed by atoms with Crippen molar-refractivity contribution in [2.45, 2.75) is 0 Å². The molecule has 0 saturated carbocycles. The number of pyridine rings is 3. The van der Waals surface area contributed by atoms with E-state index >= 15 is 0 Å². The molecule has 1 aromatic carbocycles. The normalized spacial score (nSPS) is 16.2. The summed E-state index contributed by atoms with van der Waals surface area (Å²) in [5.41, 5.74) is 8.05. The van der Waals surface area contributed by atoms with Crippen molar-refractivity contribution in [3.63, 3.8) is 0 Å². The maximum Gasteiger partial charge on any atom is 0.235 e. The van der Waals surface area contributed by atoms with Crippen molar-refractivity contribution in [1.82, 2.24) is 15.0 Å². The lowest BCUT2D eigenvalue weighted by Gasteiger charge is -2.13. The molecule has 39 heavy (non-hydrogen) atoms. The number of benzene rings is 1. The van der Waals surface area contributed by atoms with E-state index in [-0.39, 0.29) is 0 Å². The molecule has 3 aliphatic heterocycles. The maximum atomic E-state index is 5.69. The maximum absolute atomic E-state index is 5.69. The van der Waals surface area contributed by atoms with Gasteiger partial charge in [0.25, 0.3) is 0 Å². The Labute approximate surface area is 225 Å². The molecule has 0 aliphatic carbocycles. The molecule has 3 aromatic heterocycles. The third-order valence-corrected chi connectivity index (χ3v) is 6.59. The number of hydrogen-bond acceptors (Lipinski definition) is 9. The van der Waals surface area contributed by atoms with Crippen LogP contribution in [0.1, 0.15) is 16.8 Å². The first-order valence-electron chi connectivity index (χ1n) is 12.9. The fraction of sp³-hybridized carbons (Fsp3) is 0.200. The fourth-order valence-electron chi connectivity index (χ4n) is 4.76. The lowest BCUT2D eigenvalue weighted by Crippen LogP contribution is -2.04. The highest BCUT2D eigenvalue weighted by Crippen LogP contribution is 2.33. The van der Waals surface area contributed by atoms with E-state index in [0.717, 1.165) is 50.3 Å². The van der Waals surface area contributed by atoms with Gasteiger partial charge in [0.05, 0.1) is 36.5 Å². The van der Waals surface area contributed by atoms with Crippen molar-refractivity contribution < 1.29 is 14.2 Å². The van der Waals surface area contributed by atoms with Crippen LogP contribution in [0, 0.1) is 0 Å². The average Bonchev–Trinajstić information content (AvgIpc) is 3.81. The van der Waals surface area contributed by atoms with Gasteiger partial charge in [-0.3, -0.25) is 9.97 Å². The molecule has 0 spiro atoms. The van der Waals surface area contributed by atoms with E-state index in [0.29, 0.717) is 57.1 Å². The molecule has 0 N–H and O–H groups in total. The molecule has 0 unspecified atom stereocenters. The molecule has 0 amide bonds. The van der Waals surface area contributed by atoms with E-state index in [1.807, 2.05) is 30.6 Å². The fourth-order valence-corrected chi connectivity index (χ4v) is 4.76. The smallest absolute Gasteiger partial charge is 0.235 e. The molecule has 0 fully saturated rings. The van der Waals surface area contributed by atoms with Crippen molar-refractivity contribution >= 4 is 17.7 Å². The van der Waals surface area contributed by atoms with Gasteiger partial charge in [-0.25, -0.2) is 20.0 Å². The number of nitrogens with zero attached hydrogens (tertiary/aromatic N) is 6. The molecule has 7 rings (SSSR count). The predicted molar refractivity (Wildman–Crippen MR) is 148 cm³/mol. The zero-order chi connectivity index (χ0) is 26.0. The summed E-state index contributed by atoms with van der Waals surface area (Å²) in [5, 5.41) is 0. The van der Waals surface area contributed by atoms with E-state index in [4.69, 9.17) is 19.2 Å². The molecule has 3 aliphatic rings. The molecule has 9 heteroatoms. The molecular weight excluding hydrogens is 492 g/mol. The highest BCUT2D eigenvalue weighted by molar-refractivity contribution is 5.97. The monoisotopic (exact) mass is 516 g/mol. The Bertz CT molecular complexity index is 1460. The minimum absolute atomic E-state index is 0.580. The quantitative estimate of drug-likeness (QED) is 0.381. The summed E-state index contributed by atoms with van der Waals surface area (Å²) in [6.45, 7) is 3.74. The second kappa shape index (κ2) is 10.1. The van der Waals surface area contributed by atoms with Gasteiger partial charge in [-0.05, 0) is 53.6 Å². The number of aromatic nitrogens is 3. The van der Waals surface area contributed by atoms with Crippen molar-refractivity contribution in [3.05, 3.63) is 90.1 Å². The number of ether oxygens (including phenoxy) is 3. The van der Waals surface area contributed by atoms with Crippen LogP contribution in [0.3, 0.4) is 0 Å². The number of rotatable bonds is 6. The third-order valence-electron chi connectivity index (χ3n) is 6.59. The van der Waals surface area contributed by atoms with Crippen molar-refractivity contribution in [2.75, 3.05) is 39.5 Å². The predicted octanol–water partition coefficient (Wildman–Crippen LogP) is 4.20. The summed E-state index contributed by atoms with van der Waals surface area (Å²) in [4.78, 5) is 27.2. The van der Waals surface area contributed by atoms with Gasteiger partial charge in [0.1, 0.15) is 25.5 Å². The standard InChI is InChI=1S/C30H24N6O3/c1-2-26(36-27(3-1)30-35-6-9-39-30)21-11-19(22-13-24(17-31-15-22)28-33-4-7-37-28)10-20(12-21)23-14-25(18-32-16-23)29-34-5-8-38-29/h1-3,10-18H,4-9H2. The minimum atomic E-state index is 0.580. The van der Waals surface area contributed by atoms with Crippen LogP contribution in [0.5, 0.6) is 0 Å². The second-order valence-electron chi connectivity index (χ2n) is 9.24. The minimum Gasteiger partial charge on any atom is -0.475 e. The molecule has 0 atom stereocenters. The van der Waals surface area contributed by atoms with E-state index < -0.39 is 0 Å². The largest absolute Gasteiger partial charge is 0.475 e. The van der Waals surface area contributed by atoms with Gasteiger partial charge in [-0.2, -0.15) is 0 Å². The van der Waals surface area contributed by atoms with Gasteiger partial charge in [0, 0.05) is 41.5 Å². The Morgan fingerprint density at radius 3 is 1.46 bits per heavy atom. The van der Waals surface area contributed by atoms with Gasteiger partial charge >= 0.3 is 0 Å². The first kappa shape index (κ1) is 23.2. The van der Waals surface area contributed by atoms with Crippen LogP contribution in [0.15, 0.2) is 88.3 Å². The number of aliphatic imine (C=N–C) groups is 3. The van der Waals surface area contributed by atoms with Gasteiger partial charge in [-0.15, -0.1) is 0 Å². The summed E-state index contributed by atoms with van der Waals surface area (Å²) in [6.07, 6.45) is 7.26. The molecular formula is C30H24N6O3. The van der Waals surface area contributed by atoms with E-state index in [1.54, 1.807) is 12.4 Å². The van der Waals surface area contributed by atoms with Crippen LogP contribution in [0.4, 0.5) is 0 Å². The van der Waals surface area contributed by atoms with E-state index in [2.05, 4.69) is 55.3 Å². The highest BCUT2D eigenvalue weighted by atomic mass is 16.5. The zero-order valence-corrected chi connectivity index (χ0v) is 21.1. The average molecular weight is 517 g/mol. The van der Waals surface area contributed by atoms with Crippen LogP contribution in [-0.4, -0.2) is 72.1 Å². The van der Waals surface area contributed by atoms with Crippen LogP contribution < -0.4 is 0 Å². The first-order valence-corrected chi connectivity index (χ1v) is 12.9. The van der Waals surface area contributed by atoms with Crippen molar-refractivity contribution in [3.8, 4) is 33.5 Å². The Balaban J connectivity index is 1.35. The second-order valence-corrected chi connectivity index (χ2v) is 9.24. The molecule has 0 radical (unpaired) electrons. The molecule has 9 nitrogen and oxygen atoms in total. The van der Waals surface area contributed by atoms with Crippen LogP contribution >= 0.6 is 0 Å². The van der Waals surface area contributed by atoms with E-state index in [1.165, 1.54) is 0 Å². The molecule has 0 saturated heterocycles. The Morgan fingerprint density at radius 2 is 0.923 bits per heavy atom. The summed E-state index contributed by atoms with van der Waals surface area (Å²) in [7, 11) is 0. The van der Waals surface area contributed by atoms with E-state index in [9.17, 15) is 0 Å². The molecule has 6 heterocycles. The van der Waals surface area contributed by atoms with Gasteiger partial charge in [-0.1, -0.05) is 6.07 Å². The zero-order valence-electron chi connectivity index (χ0n) is 21.1. The lowest BCUT2D eigenvalue weighted by atomic mass is 9.95. The molecule has 192 valence electrons. The van der Waals surface area contributed by atoms with Crippen molar-refractivity contribution in [1.29, 1.82) is 0 Å². The summed E-state index contributed by atoms with van der Waals surface area (Å²) < 4.78 is 17.0. The molecule has 0 bridgehead atoms. The van der Waals surface area contributed by atoms with Gasteiger partial charge in [0.15, 0.2) is 0 Å². The van der Waals surface area contributed by atoms with Crippen molar-refractivity contribution in [2.24, 2.45) is 15.0 Å². The van der Waals surface area contributed by atoms with Gasteiger partial charge in [0.2, 0.25) is 17.7 Å². The molecule has 4 aromatic rings. The van der Waals surface area contributed by atoms with Gasteiger partial charge < -0.3 is 14.2 Å². The summed E-state index contributed by atoms with van der Waals surface area (Å²) in [5.74, 6) is 1.83. The Morgan fingerprint density at radius 1 is 0.462 bits per heavy atom. The highest BCUT2D eigenvalue weighted by Gasteiger charge is 2.17. The Kier molecular flexibility index (Phi) is 6.01. The SMILES string of the molecule is c1cc(C2=NCCO2)nc(-c2cc(-c3cncc(C4=NCCO4)c3)cc(-c3cncc(C4=NCCO4)c3)c2)c1. The Hall–Kier alpha value is -4.92. The summed E-state index contributed by atoms with van der Waals surface area (Å²) in [6, 6.07) is 16.4. The topological polar surface area (TPSA) is 103 Å². The van der Waals surface area contributed by atoms with Crippen LogP contribution in [0.25, 0.3) is 33.5 Å². The van der Waals surface area contributed by atoms with Crippen LogP contribution in [-0.2, 0) is 14.2 Å². The number of hydrogen-bond donors (Lipinski definition) is 0. The summed E-state index contributed by atoms with van der Waals surface area (Å²) >= 11 is 0. The lowest BCUT2D eigenvalue weighted by molar-refractivity contribution is 0.347. The first-order chi connectivity index (χ1) is 19.3. The van der Waals surface area contributed by atoms with Crippen LogP contribution in [0.2, 0.25) is 0 Å². The third kappa shape index (κ3) is 4.74.